The standard InChI is InChI=1S/C12H18N2O3S/c13-18(16,17)12-7-3-10(4-8-12)14-9-1-5-11(15)6-2-9/h3-4,7-9,11,14-15H,1-2,5-6H2,(H2,13,16,17). The summed E-state index contributed by atoms with van der Waals surface area (Å²) in [6.07, 6.45) is 3.31. The van der Waals surface area contributed by atoms with Gasteiger partial charge in [-0.15, -0.1) is 0 Å². The van der Waals surface area contributed by atoms with Gasteiger partial charge < -0.3 is 10.4 Å². The minimum atomic E-state index is -3.62. The lowest BCUT2D eigenvalue weighted by Crippen LogP contribution is -2.28. The molecule has 0 spiro atoms. The second kappa shape index (κ2) is 5.26. The molecule has 1 aliphatic carbocycles. The molecule has 1 aromatic carbocycles. The Labute approximate surface area is 107 Å². The van der Waals surface area contributed by atoms with E-state index in [2.05, 4.69) is 5.32 Å². The second-order valence-corrected chi connectivity index (χ2v) is 6.28. The fraction of sp³-hybridized carbons (Fsp3) is 0.500. The van der Waals surface area contributed by atoms with Gasteiger partial charge in [0.25, 0.3) is 0 Å². The van der Waals surface area contributed by atoms with E-state index in [0.29, 0.717) is 6.04 Å². The first kappa shape index (κ1) is 13.3. The molecule has 0 atom stereocenters. The van der Waals surface area contributed by atoms with Crippen molar-refractivity contribution in [3.05, 3.63) is 24.3 Å². The third-order valence-electron chi connectivity index (χ3n) is 3.25. The molecule has 0 radical (unpaired) electrons. The smallest absolute Gasteiger partial charge is 0.238 e. The van der Waals surface area contributed by atoms with Crippen LogP contribution in [0, 0.1) is 0 Å². The predicted octanol–water partition coefficient (Wildman–Crippen LogP) is 1.05. The minimum absolute atomic E-state index is 0.118. The Morgan fingerprint density at radius 3 is 2.17 bits per heavy atom. The van der Waals surface area contributed by atoms with Crippen molar-refractivity contribution >= 4 is 15.7 Å². The van der Waals surface area contributed by atoms with Gasteiger partial charge in [-0.3, -0.25) is 0 Å². The molecule has 4 N–H and O–H groups in total. The van der Waals surface area contributed by atoms with E-state index in [1.54, 1.807) is 12.1 Å². The lowest BCUT2D eigenvalue weighted by atomic mass is 9.93. The molecule has 0 amide bonds. The summed E-state index contributed by atoms with van der Waals surface area (Å²) < 4.78 is 22.2. The van der Waals surface area contributed by atoms with E-state index in [0.717, 1.165) is 31.4 Å². The van der Waals surface area contributed by atoms with Gasteiger partial charge in [0.05, 0.1) is 11.0 Å². The number of aliphatic hydroxyl groups is 1. The summed E-state index contributed by atoms with van der Waals surface area (Å²) in [5.41, 5.74) is 0.879. The Morgan fingerprint density at radius 1 is 1.11 bits per heavy atom. The van der Waals surface area contributed by atoms with Crippen LogP contribution in [0.2, 0.25) is 0 Å². The minimum Gasteiger partial charge on any atom is -0.393 e. The Balaban J connectivity index is 1.98. The van der Waals surface area contributed by atoms with Crippen molar-refractivity contribution in [3.63, 3.8) is 0 Å². The molecule has 5 nitrogen and oxygen atoms in total. The monoisotopic (exact) mass is 270 g/mol. The molecule has 1 saturated carbocycles. The van der Waals surface area contributed by atoms with Gasteiger partial charge in [0, 0.05) is 11.7 Å². The molecular formula is C12H18N2O3S. The molecule has 2 rings (SSSR count). The van der Waals surface area contributed by atoms with Crippen LogP contribution in [0.1, 0.15) is 25.7 Å². The number of nitrogens with two attached hydrogens (primary N) is 1. The van der Waals surface area contributed by atoms with Crippen LogP contribution in [-0.4, -0.2) is 25.7 Å². The molecule has 0 saturated heterocycles. The number of primary sulfonamides is 1. The molecule has 1 aliphatic rings. The van der Waals surface area contributed by atoms with E-state index in [4.69, 9.17) is 5.14 Å². The number of aliphatic hydroxyl groups excluding tert-OH is 1. The molecule has 0 unspecified atom stereocenters. The Kier molecular flexibility index (Phi) is 3.89. The summed E-state index contributed by atoms with van der Waals surface area (Å²) in [6.45, 7) is 0. The van der Waals surface area contributed by atoms with Crippen LogP contribution in [-0.2, 0) is 10.0 Å². The maximum Gasteiger partial charge on any atom is 0.238 e. The van der Waals surface area contributed by atoms with Crippen molar-refractivity contribution < 1.29 is 13.5 Å². The van der Waals surface area contributed by atoms with Crippen LogP contribution in [0.5, 0.6) is 0 Å². The number of rotatable bonds is 3. The predicted molar refractivity (Wildman–Crippen MR) is 69.7 cm³/mol. The molecule has 1 aromatic rings. The molecule has 100 valence electrons. The Bertz CT molecular complexity index is 491. The fourth-order valence-corrected chi connectivity index (χ4v) is 2.71. The van der Waals surface area contributed by atoms with Crippen LogP contribution in [0.3, 0.4) is 0 Å². The highest BCUT2D eigenvalue weighted by Crippen LogP contribution is 2.22. The second-order valence-electron chi connectivity index (χ2n) is 4.72. The molecule has 0 heterocycles. The van der Waals surface area contributed by atoms with Crippen LogP contribution in [0.25, 0.3) is 0 Å². The fourth-order valence-electron chi connectivity index (χ4n) is 2.20. The summed E-state index contributed by atoms with van der Waals surface area (Å²) >= 11 is 0. The van der Waals surface area contributed by atoms with Crippen LogP contribution >= 0.6 is 0 Å². The van der Waals surface area contributed by atoms with Crippen molar-refractivity contribution in [2.45, 2.75) is 42.7 Å². The summed E-state index contributed by atoms with van der Waals surface area (Å²) in [5, 5.41) is 17.8. The normalized spacial score (nSPS) is 24.8. The van der Waals surface area contributed by atoms with Crippen molar-refractivity contribution in [1.29, 1.82) is 0 Å². The van der Waals surface area contributed by atoms with E-state index < -0.39 is 10.0 Å². The van der Waals surface area contributed by atoms with Crippen LogP contribution in [0.4, 0.5) is 5.69 Å². The summed E-state index contributed by atoms with van der Waals surface area (Å²) in [4.78, 5) is 0.118. The van der Waals surface area contributed by atoms with Crippen molar-refractivity contribution in [2.24, 2.45) is 5.14 Å². The van der Waals surface area contributed by atoms with Crippen molar-refractivity contribution in [3.8, 4) is 0 Å². The first-order valence-electron chi connectivity index (χ1n) is 6.02. The maximum atomic E-state index is 11.1. The zero-order chi connectivity index (χ0) is 13.2. The maximum absolute atomic E-state index is 11.1. The van der Waals surface area contributed by atoms with Crippen molar-refractivity contribution in [2.75, 3.05) is 5.32 Å². The largest absolute Gasteiger partial charge is 0.393 e. The van der Waals surface area contributed by atoms with Gasteiger partial charge in [-0.2, -0.15) is 0 Å². The van der Waals surface area contributed by atoms with Crippen molar-refractivity contribution in [1.82, 2.24) is 0 Å². The number of hydrogen-bond acceptors (Lipinski definition) is 4. The molecule has 0 aromatic heterocycles. The van der Waals surface area contributed by atoms with Crippen LogP contribution < -0.4 is 10.5 Å². The molecule has 0 aliphatic heterocycles. The highest BCUT2D eigenvalue weighted by atomic mass is 32.2. The van der Waals surface area contributed by atoms with Gasteiger partial charge in [-0.05, 0) is 49.9 Å². The average molecular weight is 270 g/mol. The van der Waals surface area contributed by atoms with Gasteiger partial charge in [-0.25, -0.2) is 13.6 Å². The summed E-state index contributed by atoms with van der Waals surface area (Å²) in [7, 11) is -3.62. The summed E-state index contributed by atoms with van der Waals surface area (Å²) in [5.74, 6) is 0. The summed E-state index contributed by atoms with van der Waals surface area (Å²) in [6, 6.07) is 6.76. The number of nitrogens with one attached hydrogen (secondary N) is 1. The first-order valence-corrected chi connectivity index (χ1v) is 7.57. The van der Waals surface area contributed by atoms with Gasteiger partial charge in [0.2, 0.25) is 10.0 Å². The highest BCUT2D eigenvalue weighted by Gasteiger charge is 2.19. The van der Waals surface area contributed by atoms with E-state index >= 15 is 0 Å². The number of anilines is 1. The Hall–Kier alpha value is -1.11. The average Bonchev–Trinajstić information content (AvgIpc) is 2.32. The van der Waals surface area contributed by atoms with Gasteiger partial charge in [-0.1, -0.05) is 0 Å². The van der Waals surface area contributed by atoms with Gasteiger partial charge in [0.15, 0.2) is 0 Å². The van der Waals surface area contributed by atoms with E-state index in [-0.39, 0.29) is 11.0 Å². The van der Waals surface area contributed by atoms with E-state index in [1.165, 1.54) is 12.1 Å². The number of hydrogen-bond donors (Lipinski definition) is 3. The Morgan fingerprint density at radius 2 is 1.67 bits per heavy atom. The number of benzene rings is 1. The zero-order valence-electron chi connectivity index (χ0n) is 10.0. The third-order valence-corrected chi connectivity index (χ3v) is 4.18. The molecule has 0 bridgehead atoms. The molecule has 6 heteroatoms. The molecule has 1 fully saturated rings. The van der Waals surface area contributed by atoms with Gasteiger partial charge >= 0.3 is 0 Å². The first-order chi connectivity index (χ1) is 8.45. The van der Waals surface area contributed by atoms with E-state index in [1.807, 2.05) is 0 Å². The van der Waals surface area contributed by atoms with Crippen LogP contribution in [0.15, 0.2) is 29.2 Å². The molecule has 18 heavy (non-hydrogen) atoms. The zero-order valence-corrected chi connectivity index (χ0v) is 10.9. The SMILES string of the molecule is NS(=O)(=O)c1ccc(NC2CCC(O)CC2)cc1. The lowest BCUT2D eigenvalue weighted by Gasteiger charge is -2.27. The lowest BCUT2D eigenvalue weighted by molar-refractivity contribution is 0.126. The van der Waals surface area contributed by atoms with Gasteiger partial charge in [0.1, 0.15) is 0 Å². The molecular weight excluding hydrogens is 252 g/mol. The third kappa shape index (κ3) is 3.44. The quantitative estimate of drug-likeness (QED) is 0.765. The van der Waals surface area contributed by atoms with E-state index in [9.17, 15) is 13.5 Å². The topological polar surface area (TPSA) is 92.4 Å². The highest BCUT2D eigenvalue weighted by molar-refractivity contribution is 7.89. The number of sulfonamides is 1.